The van der Waals surface area contributed by atoms with E-state index in [0.717, 1.165) is 28.1 Å². The summed E-state index contributed by atoms with van der Waals surface area (Å²) in [4.78, 5) is 13.1. The lowest BCUT2D eigenvalue weighted by atomic mass is 10.1. The van der Waals surface area contributed by atoms with Crippen molar-refractivity contribution in [1.29, 1.82) is 0 Å². The molecular weight excluding hydrogens is 326 g/mol. The fraction of sp³-hybridized carbons (Fsp3) is 0.211. The normalized spacial score (nSPS) is 12.3. The number of ether oxygens (including phenoxy) is 1. The average molecular weight is 345 g/mol. The van der Waals surface area contributed by atoms with Crippen LogP contribution in [0.2, 0.25) is 5.02 Å². The Labute approximate surface area is 145 Å². The van der Waals surface area contributed by atoms with Crippen molar-refractivity contribution in [2.75, 3.05) is 14.2 Å². The molecule has 1 N–H and O–H groups in total. The van der Waals surface area contributed by atoms with Crippen molar-refractivity contribution in [2.45, 2.75) is 13.1 Å². The minimum Gasteiger partial charge on any atom is -0.497 e. The second kappa shape index (κ2) is 7.07. The maximum atomic E-state index is 11.9. The third kappa shape index (κ3) is 3.61. The highest BCUT2D eigenvalue weighted by Gasteiger charge is 2.13. The molecule has 1 heterocycles. The molecule has 0 aliphatic heterocycles. The fourth-order valence-corrected chi connectivity index (χ4v) is 3.04. The zero-order chi connectivity index (χ0) is 17.1. The molecule has 3 rings (SSSR count). The third-order valence-corrected chi connectivity index (χ3v) is 4.35. The van der Waals surface area contributed by atoms with Crippen LogP contribution in [-0.4, -0.2) is 14.2 Å². The number of hydrogen-bond donors (Lipinski definition) is 1. The van der Waals surface area contributed by atoms with E-state index in [4.69, 9.17) is 20.8 Å². The van der Waals surface area contributed by atoms with Gasteiger partial charge < -0.3 is 14.1 Å². The average Bonchev–Trinajstić information content (AvgIpc) is 2.56. The first kappa shape index (κ1) is 16.6. The Hall–Kier alpha value is -2.30. The summed E-state index contributed by atoms with van der Waals surface area (Å²) in [5.74, 6) is 0.666. The number of rotatable bonds is 5. The van der Waals surface area contributed by atoms with Gasteiger partial charge in [0.2, 0.25) is 0 Å². The van der Waals surface area contributed by atoms with Crippen LogP contribution in [0.1, 0.15) is 11.1 Å². The summed E-state index contributed by atoms with van der Waals surface area (Å²) in [6, 6.07) is 14.9. The lowest BCUT2D eigenvalue weighted by molar-refractivity contribution is -0.907. The van der Waals surface area contributed by atoms with Crippen LogP contribution in [0.25, 0.3) is 11.0 Å². The Morgan fingerprint density at radius 1 is 1.08 bits per heavy atom. The van der Waals surface area contributed by atoms with Crippen LogP contribution in [0.3, 0.4) is 0 Å². The quantitative estimate of drug-likeness (QED) is 0.724. The van der Waals surface area contributed by atoms with Gasteiger partial charge in [-0.3, -0.25) is 0 Å². The summed E-state index contributed by atoms with van der Waals surface area (Å²) >= 11 is 6.23. The first-order chi connectivity index (χ1) is 11.6. The van der Waals surface area contributed by atoms with E-state index in [-0.39, 0.29) is 5.63 Å². The Morgan fingerprint density at radius 3 is 2.58 bits per heavy atom. The van der Waals surface area contributed by atoms with Crippen LogP contribution < -0.4 is 15.3 Å². The number of fused-ring (bicyclic) bond motifs is 1. The minimum absolute atomic E-state index is 0.351. The molecule has 2 aromatic carbocycles. The molecular formula is C19H19ClNO3+. The van der Waals surface area contributed by atoms with Gasteiger partial charge in [0.1, 0.15) is 24.4 Å². The molecule has 1 atom stereocenters. The highest BCUT2D eigenvalue weighted by atomic mass is 35.5. The van der Waals surface area contributed by atoms with Crippen molar-refractivity contribution < 1.29 is 14.1 Å². The van der Waals surface area contributed by atoms with Gasteiger partial charge >= 0.3 is 5.63 Å². The number of quaternary nitrogens is 1. The molecule has 0 spiro atoms. The molecule has 0 saturated heterocycles. The molecule has 124 valence electrons. The van der Waals surface area contributed by atoms with Crippen LogP contribution >= 0.6 is 11.6 Å². The number of hydrogen-bond acceptors (Lipinski definition) is 3. The molecule has 0 fully saturated rings. The monoisotopic (exact) mass is 344 g/mol. The van der Waals surface area contributed by atoms with Gasteiger partial charge in [-0.15, -0.1) is 0 Å². The Balaban J connectivity index is 1.89. The lowest BCUT2D eigenvalue weighted by Gasteiger charge is -2.16. The topological polar surface area (TPSA) is 43.9 Å². The zero-order valence-corrected chi connectivity index (χ0v) is 14.4. The van der Waals surface area contributed by atoms with Crippen LogP contribution in [0.4, 0.5) is 0 Å². The molecule has 0 saturated carbocycles. The Bertz CT molecular complexity index is 920. The van der Waals surface area contributed by atoms with Crippen molar-refractivity contribution in [1.82, 2.24) is 0 Å². The summed E-state index contributed by atoms with van der Waals surface area (Å²) in [5.41, 5.74) is 2.23. The summed E-state index contributed by atoms with van der Waals surface area (Å²) in [5, 5.41) is 1.69. The van der Waals surface area contributed by atoms with Crippen LogP contribution in [0.5, 0.6) is 5.75 Å². The second-order valence-corrected chi connectivity index (χ2v) is 6.26. The molecule has 3 aromatic rings. The van der Waals surface area contributed by atoms with E-state index in [2.05, 4.69) is 7.05 Å². The van der Waals surface area contributed by atoms with Gasteiger partial charge in [0.15, 0.2) is 0 Å². The molecule has 0 amide bonds. The van der Waals surface area contributed by atoms with Crippen molar-refractivity contribution in [3.63, 3.8) is 0 Å². The van der Waals surface area contributed by atoms with E-state index in [1.54, 1.807) is 19.2 Å². The molecule has 0 aliphatic carbocycles. The van der Waals surface area contributed by atoms with E-state index in [9.17, 15) is 4.79 Å². The summed E-state index contributed by atoms with van der Waals surface area (Å²) in [7, 11) is 3.66. The van der Waals surface area contributed by atoms with E-state index in [0.29, 0.717) is 17.9 Å². The SMILES string of the molecule is COc1ccc2c(C[NH+](C)Cc3ccccc3Cl)cc(=O)oc2c1. The molecule has 4 nitrogen and oxygen atoms in total. The second-order valence-electron chi connectivity index (χ2n) is 5.85. The van der Waals surface area contributed by atoms with Crippen LogP contribution in [0, 0.1) is 0 Å². The van der Waals surface area contributed by atoms with Gasteiger partial charge in [-0.25, -0.2) is 4.79 Å². The molecule has 24 heavy (non-hydrogen) atoms. The predicted molar refractivity (Wildman–Crippen MR) is 94.8 cm³/mol. The molecule has 0 bridgehead atoms. The molecule has 0 radical (unpaired) electrons. The Morgan fingerprint density at radius 2 is 1.83 bits per heavy atom. The fourth-order valence-electron chi connectivity index (χ4n) is 2.84. The number of methoxy groups -OCH3 is 1. The van der Waals surface area contributed by atoms with E-state index < -0.39 is 0 Å². The molecule has 1 aromatic heterocycles. The van der Waals surface area contributed by atoms with E-state index in [1.807, 2.05) is 36.4 Å². The van der Waals surface area contributed by atoms with Gasteiger partial charge in [-0.05, 0) is 18.2 Å². The summed E-state index contributed by atoms with van der Waals surface area (Å²) < 4.78 is 10.5. The smallest absolute Gasteiger partial charge is 0.336 e. The van der Waals surface area contributed by atoms with Gasteiger partial charge in [0, 0.05) is 33.7 Å². The first-order valence-corrected chi connectivity index (χ1v) is 8.10. The molecule has 5 heteroatoms. The summed E-state index contributed by atoms with van der Waals surface area (Å²) in [6.07, 6.45) is 0. The lowest BCUT2D eigenvalue weighted by Crippen LogP contribution is -3.06. The number of halogens is 1. The highest BCUT2D eigenvalue weighted by molar-refractivity contribution is 6.31. The summed E-state index contributed by atoms with van der Waals surface area (Å²) in [6.45, 7) is 1.47. The maximum Gasteiger partial charge on any atom is 0.336 e. The predicted octanol–water partition coefficient (Wildman–Crippen LogP) is 2.67. The maximum absolute atomic E-state index is 11.9. The molecule has 0 aliphatic rings. The largest absolute Gasteiger partial charge is 0.497 e. The van der Waals surface area contributed by atoms with Crippen molar-refractivity contribution in [3.8, 4) is 5.75 Å². The number of benzene rings is 2. The van der Waals surface area contributed by atoms with Gasteiger partial charge in [0.25, 0.3) is 0 Å². The Kier molecular flexibility index (Phi) is 4.88. The minimum atomic E-state index is -0.351. The van der Waals surface area contributed by atoms with Crippen LogP contribution in [0.15, 0.2) is 57.7 Å². The molecule has 1 unspecified atom stereocenters. The van der Waals surface area contributed by atoms with E-state index in [1.165, 1.54) is 4.90 Å². The van der Waals surface area contributed by atoms with Crippen molar-refractivity contribution >= 4 is 22.6 Å². The van der Waals surface area contributed by atoms with Gasteiger partial charge in [0.05, 0.1) is 14.2 Å². The van der Waals surface area contributed by atoms with Gasteiger partial charge in [-0.2, -0.15) is 0 Å². The van der Waals surface area contributed by atoms with E-state index >= 15 is 0 Å². The number of nitrogens with one attached hydrogen (secondary N) is 1. The van der Waals surface area contributed by atoms with Crippen molar-refractivity contribution in [2.24, 2.45) is 0 Å². The van der Waals surface area contributed by atoms with Crippen molar-refractivity contribution in [3.05, 3.63) is 75.1 Å². The third-order valence-electron chi connectivity index (χ3n) is 3.98. The first-order valence-electron chi connectivity index (χ1n) is 7.72. The van der Waals surface area contributed by atoms with Gasteiger partial charge in [-0.1, -0.05) is 29.8 Å². The van der Waals surface area contributed by atoms with Crippen LogP contribution in [-0.2, 0) is 13.1 Å². The highest BCUT2D eigenvalue weighted by Crippen LogP contribution is 2.22. The standard InChI is InChI=1S/C19H18ClNO3/c1-21(11-13-5-3-4-6-17(13)20)12-14-9-19(22)24-18-10-15(23-2)7-8-16(14)18/h3-10H,11-12H2,1-2H3/p+1. The zero-order valence-electron chi connectivity index (χ0n) is 13.6.